The van der Waals surface area contributed by atoms with Gasteiger partial charge >= 0.3 is 0 Å². The molecule has 6 heteroatoms. The quantitative estimate of drug-likeness (QED) is 0.930. The van der Waals surface area contributed by atoms with Gasteiger partial charge in [-0.25, -0.2) is 4.39 Å². The highest BCUT2D eigenvalue weighted by Gasteiger charge is 2.18. The van der Waals surface area contributed by atoms with Crippen molar-refractivity contribution >= 4 is 5.91 Å². The van der Waals surface area contributed by atoms with E-state index >= 15 is 0 Å². The van der Waals surface area contributed by atoms with Crippen molar-refractivity contribution in [1.29, 1.82) is 0 Å². The average Bonchev–Trinajstić information content (AvgIpc) is 2.85. The monoisotopic (exact) mass is 277 g/mol. The fourth-order valence-electron chi connectivity index (χ4n) is 1.92. The molecule has 1 amide bonds. The van der Waals surface area contributed by atoms with Crippen molar-refractivity contribution in [1.82, 2.24) is 15.1 Å². The van der Waals surface area contributed by atoms with E-state index in [1.807, 2.05) is 13.1 Å². The first-order valence-corrected chi connectivity index (χ1v) is 6.15. The number of aromatic nitrogens is 2. The molecule has 1 N–H and O–H groups in total. The highest BCUT2D eigenvalue weighted by atomic mass is 19.1. The van der Waals surface area contributed by atoms with Crippen LogP contribution in [0, 0.1) is 5.82 Å². The molecule has 0 aliphatic carbocycles. The van der Waals surface area contributed by atoms with Gasteiger partial charge < -0.3 is 10.1 Å². The Balaban J connectivity index is 2.18. The summed E-state index contributed by atoms with van der Waals surface area (Å²) in [7, 11) is 3.13. The first kappa shape index (κ1) is 14.0. The van der Waals surface area contributed by atoms with Crippen molar-refractivity contribution in [2.75, 3.05) is 7.11 Å². The molecule has 1 heterocycles. The van der Waals surface area contributed by atoms with Crippen molar-refractivity contribution < 1.29 is 13.9 Å². The molecule has 0 saturated heterocycles. The van der Waals surface area contributed by atoms with E-state index in [1.165, 1.54) is 25.3 Å². The van der Waals surface area contributed by atoms with Crippen LogP contribution in [0.4, 0.5) is 4.39 Å². The van der Waals surface area contributed by atoms with Crippen LogP contribution in [-0.2, 0) is 7.05 Å². The number of para-hydroxylation sites is 1. The number of aryl methyl sites for hydroxylation is 1. The summed E-state index contributed by atoms with van der Waals surface area (Å²) < 4.78 is 20.1. The summed E-state index contributed by atoms with van der Waals surface area (Å²) in [4.78, 5) is 12.2. The number of hydrogen-bond donors (Lipinski definition) is 1. The van der Waals surface area contributed by atoms with E-state index in [-0.39, 0.29) is 17.4 Å². The zero-order valence-corrected chi connectivity index (χ0v) is 11.6. The highest BCUT2D eigenvalue weighted by Crippen LogP contribution is 2.23. The number of amides is 1. The molecule has 1 aromatic carbocycles. The molecule has 0 radical (unpaired) electrons. The largest absolute Gasteiger partial charge is 0.493 e. The minimum absolute atomic E-state index is 0.0524. The summed E-state index contributed by atoms with van der Waals surface area (Å²) >= 11 is 0. The molecule has 5 nitrogen and oxygen atoms in total. The number of carbonyl (C=O) groups is 1. The third kappa shape index (κ3) is 2.79. The summed E-state index contributed by atoms with van der Waals surface area (Å²) in [5.74, 6) is -1.00. The second-order valence-electron chi connectivity index (χ2n) is 4.46. The van der Waals surface area contributed by atoms with Gasteiger partial charge in [0.25, 0.3) is 5.91 Å². The predicted molar refractivity (Wildman–Crippen MR) is 72.0 cm³/mol. The Hall–Kier alpha value is -2.37. The smallest absolute Gasteiger partial charge is 0.255 e. The van der Waals surface area contributed by atoms with Gasteiger partial charge in [-0.2, -0.15) is 5.10 Å². The topological polar surface area (TPSA) is 56.1 Å². The molecule has 0 unspecified atom stereocenters. The summed E-state index contributed by atoms with van der Waals surface area (Å²) in [6.07, 6.45) is 3.49. The number of hydrogen-bond acceptors (Lipinski definition) is 3. The van der Waals surface area contributed by atoms with Gasteiger partial charge in [-0.1, -0.05) is 6.07 Å². The highest BCUT2D eigenvalue weighted by molar-refractivity contribution is 5.97. The van der Waals surface area contributed by atoms with E-state index in [4.69, 9.17) is 4.74 Å². The summed E-state index contributed by atoms with van der Waals surface area (Å²) in [6.45, 7) is 1.83. The van der Waals surface area contributed by atoms with Gasteiger partial charge in [-0.05, 0) is 19.1 Å². The Bertz CT molecular complexity index is 625. The maximum atomic E-state index is 13.6. The third-order valence-corrected chi connectivity index (χ3v) is 2.99. The van der Waals surface area contributed by atoms with E-state index in [0.29, 0.717) is 0 Å². The number of ether oxygens (including phenoxy) is 1. The maximum absolute atomic E-state index is 13.6. The van der Waals surface area contributed by atoms with Gasteiger partial charge in [0.1, 0.15) is 0 Å². The van der Waals surface area contributed by atoms with Gasteiger partial charge in [0.15, 0.2) is 11.6 Å². The third-order valence-electron chi connectivity index (χ3n) is 2.99. The number of nitrogens with one attached hydrogen (secondary N) is 1. The second kappa shape index (κ2) is 5.73. The van der Waals surface area contributed by atoms with Gasteiger partial charge in [0, 0.05) is 18.8 Å². The van der Waals surface area contributed by atoms with Crippen molar-refractivity contribution in [3.63, 3.8) is 0 Å². The molecular formula is C14H16FN3O2. The van der Waals surface area contributed by atoms with Crippen molar-refractivity contribution in [3.05, 3.63) is 47.5 Å². The molecule has 1 aromatic heterocycles. The zero-order valence-electron chi connectivity index (χ0n) is 11.6. The molecule has 0 saturated carbocycles. The minimum atomic E-state index is -0.561. The lowest BCUT2D eigenvalue weighted by Crippen LogP contribution is -2.27. The van der Waals surface area contributed by atoms with E-state index in [1.54, 1.807) is 17.9 Å². The summed E-state index contributed by atoms with van der Waals surface area (Å²) in [5.41, 5.74) is 1.04. The number of nitrogens with zero attached hydrogens (tertiary/aromatic N) is 2. The molecule has 0 spiro atoms. The Morgan fingerprint density at radius 2 is 2.25 bits per heavy atom. The lowest BCUT2D eigenvalue weighted by atomic mass is 10.1. The van der Waals surface area contributed by atoms with Crippen LogP contribution in [0.3, 0.4) is 0 Å². The Morgan fingerprint density at radius 1 is 1.50 bits per heavy atom. The lowest BCUT2D eigenvalue weighted by Gasteiger charge is -2.14. The standard InChI is InChI=1S/C14H16FN3O2/c1-9(10-7-16-18(2)8-10)17-14(19)11-5-4-6-12(15)13(11)20-3/h4-9H,1-3H3,(H,17,19)/t9-/m1/s1. The van der Waals surface area contributed by atoms with Crippen LogP contribution in [0.1, 0.15) is 28.9 Å². The minimum Gasteiger partial charge on any atom is -0.493 e. The first-order valence-electron chi connectivity index (χ1n) is 6.15. The lowest BCUT2D eigenvalue weighted by molar-refractivity contribution is 0.0936. The average molecular weight is 277 g/mol. The Labute approximate surface area is 116 Å². The van der Waals surface area contributed by atoms with Gasteiger partial charge in [-0.3, -0.25) is 9.48 Å². The fraction of sp³-hybridized carbons (Fsp3) is 0.286. The normalized spacial score (nSPS) is 12.0. The first-order chi connectivity index (χ1) is 9.52. The predicted octanol–water partition coefficient (Wildman–Crippen LogP) is 2.06. The molecule has 2 aromatic rings. The van der Waals surface area contributed by atoms with Crippen molar-refractivity contribution in [2.24, 2.45) is 7.05 Å². The molecule has 1 atom stereocenters. The fourth-order valence-corrected chi connectivity index (χ4v) is 1.92. The number of halogens is 1. The van der Waals surface area contributed by atoms with E-state index in [0.717, 1.165) is 5.56 Å². The molecule has 0 aliphatic heterocycles. The van der Waals surface area contributed by atoms with Crippen LogP contribution in [-0.4, -0.2) is 22.8 Å². The molecule has 20 heavy (non-hydrogen) atoms. The summed E-state index contributed by atoms with van der Waals surface area (Å²) in [5, 5.41) is 6.84. The Morgan fingerprint density at radius 3 is 2.85 bits per heavy atom. The van der Waals surface area contributed by atoms with Crippen LogP contribution in [0.2, 0.25) is 0 Å². The molecular weight excluding hydrogens is 261 g/mol. The van der Waals surface area contributed by atoms with Crippen molar-refractivity contribution in [3.8, 4) is 5.75 Å². The van der Waals surface area contributed by atoms with E-state index in [9.17, 15) is 9.18 Å². The van der Waals surface area contributed by atoms with Gasteiger partial charge in [0.2, 0.25) is 0 Å². The van der Waals surface area contributed by atoms with Crippen LogP contribution in [0.15, 0.2) is 30.6 Å². The number of methoxy groups -OCH3 is 1. The molecule has 0 fully saturated rings. The molecule has 106 valence electrons. The van der Waals surface area contributed by atoms with Crippen LogP contribution < -0.4 is 10.1 Å². The number of carbonyl (C=O) groups excluding carboxylic acids is 1. The maximum Gasteiger partial charge on any atom is 0.255 e. The van der Waals surface area contributed by atoms with E-state index < -0.39 is 11.7 Å². The van der Waals surface area contributed by atoms with Gasteiger partial charge in [-0.15, -0.1) is 0 Å². The van der Waals surface area contributed by atoms with Crippen LogP contribution >= 0.6 is 0 Å². The molecule has 0 aliphatic rings. The van der Waals surface area contributed by atoms with Crippen LogP contribution in [0.5, 0.6) is 5.75 Å². The molecule has 2 rings (SSSR count). The van der Waals surface area contributed by atoms with Gasteiger partial charge in [0.05, 0.1) is 24.9 Å². The van der Waals surface area contributed by atoms with Crippen LogP contribution in [0.25, 0.3) is 0 Å². The SMILES string of the molecule is COc1c(F)cccc1C(=O)N[C@H](C)c1cnn(C)c1. The van der Waals surface area contributed by atoms with Crippen molar-refractivity contribution in [2.45, 2.75) is 13.0 Å². The van der Waals surface area contributed by atoms with E-state index in [2.05, 4.69) is 10.4 Å². The molecule has 0 bridgehead atoms. The second-order valence-corrected chi connectivity index (χ2v) is 4.46. The zero-order chi connectivity index (χ0) is 14.7. The summed E-state index contributed by atoms with van der Waals surface area (Å²) in [6, 6.07) is 4.01. The number of rotatable bonds is 4. The Kier molecular flexibility index (Phi) is 4.02. The number of benzene rings is 1.